The number of anilines is 1. The smallest absolute Gasteiger partial charge is 0.394 e. The molecule has 0 bridgehead atoms. The number of hydrogen-bond donors (Lipinski definition) is 10. The molecule has 2 aliphatic heterocycles. The largest absolute Gasteiger partial charge is 0.481 e. The van der Waals surface area contributed by atoms with E-state index >= 15 is 0 Å². The maximum atomic E-state index is 12.6. The molecule has 232 valence electrons. The van der Waals surface area contributed by atoms with Crippen molar-refractivity contribution in [1.29, 1.82) is 0 Å². The number of nitrogen functional groups attached to an aromatic ring is 1. The highest BCUT2D eigenvalue weighted by Gasteiger charge is 2.50. The predicted octanol–water partition coefficient (Wildman–Crippen LogP) is -2.81. The Morgan fingerprint density at radius 2 is 1.88 bits per heavy atom. The molecule has 0 aliphatic carbocycles. The second-order valence-electron chi connectivity index (χ2n) is 9.14. The Bertz CT molecular complexity index is 1310. The molecule has 41 heavy (non-hydrogen) atoms. The van der Waals surface area contributed by atoms with Crippen molar-refractivity contribution in [2.45, 2.75) is 61.2 Å². The summed E-state index contributed by atoms with van der Waals surface area (Å²) in [4.78, 5) is 28.8. The van der Waals surface area contributed by atoms with E-state index in [9.17, 15) is 39.9 Å². The highest BCUT2D eigenvalue weighted by molar-refractivity contribution is 8.08. The van der Waals surface area contributed by atoms with Crippen LogP contribution in [-0.4, -0.2) is 126 Å². The number of aliphatic hydroxyl groups is 6. The Labute approximate surface area is 241 Å². The molecule has 2 saturated heterocycles. The molecule has 4 heterocycles. The van der Waals surface area contributed by atoms with Crippen LogP contribution in [0.15, 0.2) is 11.7 Å². The molecule has 18 nitrogen and oxygen atoms in total. The van der Waals surface area contributed by atoms with Crippen molar-refractivity contribution in [1.82, 2.24) is 15.3 Å². The van der Waals surface area contributed by atoms with E-state index < -0.39 is 88.9 Å². The Morgan fingerprint density at radius 1 is 1.17 bits per heavy atom. The van der Waals surface area contributed by atoms with Gasteiger partial charge in [-0.2, -0.15) is 0 Å². The van der Waals surface area contributed by atoms with Crippen molar-refractivity contribution in [3.63, 3.8) is 0 Å². The first-order valence-corrected chi connectivity index (χ1v) is 16.8. The maximum absolute atomic E-state index is 12.6. The van der Waals surface area contributed by atoms with Gasteiger partial charge in [0, 0.05) is 5.56 Å². The summed E-state index contributed by atoms with van der Waals surface area (Å²) in [5.41, 5.74) is 7.04. The first kappa shape index (κ1) is 33.1. The number of phosphoric ester groups is 1. The molecule has 22 heteroatoms. The van der Waals surface area contributed by atoms with E-state index in [0.29, 0.717) is 15.8 Å². The van der Waals surface area contributed by atoms with Crippen LogP contribution in [0.5, 0.6) is 0 Å². The van der Waals surface area contributed by atoms with Gasteiger partial charge in [0.05, 0.1) is 29.5 Å². The summed E-state index contributed by atoms with van der Waals surface area (Å²) in [5.74, 6) is 0.274. The normalized spacial score (nSPS) is 36.2. The summed E-state index contributed by atoms with van der Waals surface area (Å²) >= 11 is 6.08. The van der Waals surface area contributed by atoms with E-state index in [1.807, 2.05) is 0 Å². The minimum atomic E-state index is -5.40. The molecule has 2 aromatic rings. The summed E-state index contributed by atoms with van der Waals surface area (Å²) < 4.78 is 38.6. The first-order chi connectivity index (χ1) is 19.2. The number of nitrogens with zero attached hydrogens (tertiary/aromatic N) is 2. The van der Waals surface area contributed by atoms with Crippen LogP contribution in [-0.2, 0) is 39.2 Å². The molecule has 0 amide bonds. The molecule has 0 saturated carbocycles. The standard InChI is InChI=1S/C19H30N4O14P2S2/c1-21-10-11(26)8(34-15(10)6-4-41-17-9(6)22-5-23-18(17)20)3-33-39(32,40)37-38(30,31)36-19-14(29)12(27)13(28)16(35-19)7(25)2-24/h4-5,7-8,10-16,19,21,24-29H,2-3H2,1H3,(H,30,31)(H,32,40)(H2,20,22,23)/t7-,8+,10+,11+,12?,13?,14?,15-,16?,19?,39?/m0/s1. The fraction of sp³-hybridized carbons (Fsp3) is 0.684. The van der Waals surface area contributed by atoms with Crippen LogP contribution < -0.4 is 11.1 Å². The van der Waals surface area contributed by atoms with Gasteiger partial charge in [-0.05, 0) is 24.2 Å². The number of hydrogen-bond acceptors (Lipinski definition) is 18. The second kappa shape index (κ2) is 13.0. The van der Waals surface area contributed by atoms with Crippen molar-refractivity contribution in [3.8, 4) is 0 Å². The van der Waals surface area contributed by atoms with E-state index in [1.165, 1.54) is 17.7 Å². The minimum Gasteiger partial charge on any atom is -0.394 e. The monoisotopic (exact) mass is 664 g/mol. The number of thiophene rings is 1. The highest BCUT2D eigenvalue weighted by atomic mass is 32.5. The van der Waals surface area contributed by atoms with Gasteiger partial charge >= 0.3 is 14.5 Å². The zero-order valence-electron chi connectivity index (χ0n) is 21.1. The third kappa shape index (κ3) is 7.12. The number of aliphatic hydroxyl groups excluding tert-OH is 6. The van der Waals surface area contributed by atoms with Crippen molar-refractivity contribution in [2.75, 3.05) is 26.0 Å². The molecule has 2 fully saturated rings. The fourth-order valence-electron chi connectivity index (χ4n) is 4.43. The van der Waals surface area contributed by atoms with Crippen molar-refractivity contribution < 1.29 is 67.8 Å². The van der Waals surface area contributed by atoms with E-state index in [2.05, 4.69) is 24.1 Å². The van der Waals surface area contributed by atoms with Gasteiger partial charge in [0.1, 0.15) is 61.0 Å². The lowest BCUT2D eigenvalue weighted by molar-refractivity contribution is -0.292. The number of likely N-dealkylation sites (N-methyl/N-ethyl adjacent to an activating group) is 1. The van der Waals surface area contributed by atoms with E-state index in [0.717, 1.165) is 0 Å². The SMILES string of the molecule is CN[C@@H]1[C@H](O)[C@@H](COP(O)(=S)OP(=O)(O)OC2OC([C@@H](O)CO)C(O)C(O)C2O)O[C@H]1c1csc2c(N)ncnc12. The summed E-state index contributed by atoms with van der Waals surface area (Å²) in [6, 6.07) is -0.670. The highest BCUT2D eigenvalue weighted by Crippen LogP contribution is 2.62. The first-order valence-electron chi connectivity index (χ1n) is 11.9. The van der Waals surface area contributed by atoms with Crippen LogP contribution in [0.1, 0.15) is 11.7 Å². The summed E-state index contributed by atoms with van der Waals surface area (Å²) in [6.45, 7) is -6.11. The zero-order chi connectivity index (χ0) is 30.3. The number of nitrogens with one attached hydrogen (secondary N) is 1. The van der Waals surface area contributed by atoms with Crippen LogP contribution in [0.25, 0.3) is 10.2 Å². The third-order valence-corrected chi connectivity index (χ3v) is 11.0. The Hall–Kier alpha value is -0.840. The quantitative estimate of drug-likeness (QED) is 0.108. The molecule has 0 spiro atoms. The number of aromatic nitrogens is 2. The van der Waals surface area contributed by atoms with Crippen LogP contribution in [0.3, 0.4) is 0 Å². The molecule has 12 atom stereocenters. The molecular formula is C19H30N4O14P2S2. The number of phosphoric acid groups is 1. The van der Waals surface area contributed by atoms with Gasteiger partial charge in [-0.15, -0.1) is 11.3 Å². The van der Waals surface area contributed by atoms with Crippen molar-refractivity contribution in [2.24, 2.45) is 0 Å². The van der Waals surface area contributed by atoms with Crippen LogP contribution >= 0.6 is 25.9 Å². The van der Waals surface area contributed by atoms with E-state index in [1.54, 1.807) is 12.4 Å². The van der Waals surface area contributed by atoms with Crippen molar-refractivity contribution in [3.05, 3.63) is 17.3 Å². The van der Waals surface area contributed by atoms with Crippen molar-refractivity contribution >= 4 is 53.7 Å². The van der Waals surface area contributed by atoms with Crippen LogP contribution in [0.2, 0.25) is 0 Å². The average molecular weight is 665 g/mol. The van der Waals surface area contributed by atoms with Gasteiger partial charge in [-0.1, -0.05) is 0 Å². The lowest BCUT2D eigenvalue weighted by atomic mass is 9.96. The topological polar surface area (TPSA) is 289 Å². The van der Waals surface area contributed by atoms with Gasteiger partial charge in [-0.25, -0.2) is 18.8 Å². The summed E-state index contributed by atoms with van der Waals surface area (Å²) in [6.07, 6.45) is -13.4. The Balaban J connectivity index is 1.40. The third-order valence-electron chi connectivity index (χ3n) is 6.46. The lowest BCUT2D eigenvalue weighted by Crippen LogP contribution is -2.61. The molecule has 4 rings (SSSR count). The predicted molar refractivity (Wildman–Crippen MR) is 143 cm³/mol. The van der Waals surface area contributed by atoms with Gasteiger partial charge in [-0.3, -0.25) is 4.52 Å². The summed E-state index contributed by atoms with van der Waals surface area (Å²) in [5, 5.41) is 64.4. The lowest BCUT2D eigenvalue weighted by Gasteiger charge is -2.41. The van der Waals surface area contributed by atoms with E-state index in [-0.39, 0.29) is 5.82 Å². The summed E-state index contributed by atoms with van der Waals surface area (Å²) in [7, 11) is -3.81. The second-order valence-corrected chi connectivity index (χ2v) is 14.4. The van der Waals surface area contributed by atoms with Gasteiger partial charge < -0.3 is 65.5 Å². The van der Waals surface area contributed by atoms with Gasteiger partial charge in [0.2, 0.25) is 0 Å². The van der Waals surface area contributed by atoms with Gasteiger partial charge in [0.15, 0.2) is 6.29 Å². The molecule has 2 aliphatic rings. The number of rotatable bonds is 11. The zero-order valence-corrected chi connectivity index (χ0v) is 24.5. The number of nitrogens with two attached hydrogens (primary N) is 1. The minimum absolute atomic E-state index is 0.274. The fourth-order valence-corrected chi connectivity index (χ4v) is 8.48. The number of fused-ring (bicyclic) bond motifs is 1. The molecule has 2 aromatic heterocycles. The number of ether oxygens (including phenoxy) is 2. The Kier molecular flexibility index (Phi) is 10.5. The Morgan fingerprint density at radius 3 is 2.54 bits per heavy atom. The van der Waals surface area contributed by atoms with Crippen LogP contribution in [0, 0.1) is 0 Å². The van der Waals surface area contributed by atoms with E-state index in [4.69, 9.17) is 36.6 Å². The molecule has 0 radical (unpaired) electrons. The average Bonchev–Trinajstić information content (AvgIpc) is 3.47. The molecular weight excluding hydrogens is 634 g/mol. The molecule has 7 unspecified atom stereocenters. The maximum Gasteiger partial charge on any atom is 0.481 e. The van der Waals surface area contributed by atoms with Gasteiger partial charge in [0.25, 0.3) is 0 Å². The van der Waals surface area contributed by atoms with Crippen LogP contribution in [0.4, 0.5) is 5.82 Å². The molecule has 11 N–H and O–H groups in total. The molecule has 0 aromatic carbocycles.